The van der Waals surface area contributed by atoms with Crippen LogP contribution in [0.25, 0.3) is 23.1 Å². The zero-order valence-electron chi connectivity index (χ0n) is 14.8. The van der Waals surface area contributed by atoms with Gasteiger partial charge in [-0.1, -0.05) is 36.4 Å². The number of benzene rings is 1. The van der Waals surface area contributed by atoms with E-state index < -0.39 is 0 Å². The number of nitrogens with zero attached hydrogens (tertiary/aromatic N) is 2. The number of aryl methyl sites for hydroxylation is 2. The molecule has 2 bridgehead atoms. The van der Waals surface area contributed by atoms with E-state index in [0.717, 1.165) is 17.7 Å². The Bertz CT molecular complexity index is 979. The molecule has 0 spiro atoms. The van der Waals surface area contributed by atoms with E-state index in [4.69, 9.17) is 0 Å². The molecule has 0 amide bonds. The average molecular weight is 329 g/mol. The van der Waals surface area contributed by atoms with Crippen molar-refractivity contribution < 1.29 is 0 Å². The Morgan fingerprint density at radius 2 is 2.08 bits per heavy atom. The lowest BCUT2D eigenvalue weighted by molar-refractivity contribution is 0.503. The summed E-state index contributed by atoms with van der Waals surface area (Å²) < 4.78 is 2.43. The van der Waals surface area contributed by atoms with Crippen LogP contribution >= 0.6 is 0 Å². The monoisotopic (exact) mass is 329 g/mol. The van der Waals surface area contributed by atoms with E-state index in [1.165, 1.54) is 35.0 Å². The third kappa shape index (κ3) is 2.34. The molecule has 1 saturated heterocycles. The number of pyridine rings is 1. The molecule has 0 radical (unpaired) electrons. The molecule has 2 unspecified atom stereocenters. The summed E-state index contributed by atoms with van der Waals surface area (Å²) in [4.78, 5) is 4.39. The van der Waals surface area contributed by atoms with Crippen molar-refractivity contribution in [1.82, 2.24) is 14.9 Å². The number of rotatable bonds is 2. The molecule has 2 aliphatic rings. The molecule has 2 atom stereocenters. The molecule has 2 aliphatic heterocycles. The summed E-state index contributed by atoms with van der Waals surface area (Å²) in [6.45, 7) is 2.02. The second-order valence-electron chi connectivity index (χ2n) is 7.43. The number of para-hydroxylation sites is 1. The van der Waals surface area contributed by atoms with E-state index in [1.54, 1.807) is 5.56 Å². The standard InChI is InChI=1S/C22H23N3/c1-14-6-7-15(13-23-14)8-9-16-4-3-5-18-21-19-11-10-17(24-19)12-20(21)25(2)22(16)18/h3-9,13,17,19,24H,10-12H2,1-2H3/b9-8+. The number of hydrogen-bond acceptors (Lipinski definition) is 2. The summed E-state index contributed by atoms with van der Waals surface area (Å²) in [6, 6.07) is 12.1. The Labute approximate surface area is 148 Å². The number of aromatic nitrogens is 2. The number of nitrogens with one attached hydrogen (secondary N) is 1. The SMILES string of the molecule is Cc1ccc(/C=C/c2cccc3c4c(n(C)c23)CC2CCC4N2)cn1. The molecule has 0 saturated carbocycles. The highest BCUT2D eigenvalue weighted by Crippen LogP contribution is 2.42. The van der Waals surface area contributed by atoms with Gasteiger partial charge in [-0.15, -0.1) is 0 Å². The van der Waals surface area contributed by atoms with Gasteiger partial charge in [0.05, 0.1) is 5.52 Å². The van der Waals surface area contributed by atoms with Crippen LogP contribution in [0.5, 0.6) is 0 Å². The van der Waals surface area contributed by atoms with Crippen molar-refractivity contribution in [2.75, 3.05) is 0 Å². The van der Waals surface area contributed by atoms with Crippen molar-refractivity contribution in [3.63, 3.8) is 0 Å². The van der Waals surface area contributed by atoms with Crippen LogP contribution in [0, 0.1) is 6.92 Å². The van der Waals surface area contributed by atoms with Gasteiger partial charge in [0.1, 0.15) is 0 Å². The largest absolute Gasteiger partial charge is 0.347 e. The predicted molar refractivity (Wildman–Crippen MR) is 103 cm³/mol. The zero-order chi connectivity index (χ0) is 17.0. The van der Waals surface area contributed by atoms with Gasteiger partial charge in [0.25, 0.3) is 0 Å². The van der Waals surface area contributed by atoms with Crippen LogP contribution in [-0.2, 0) is 13.5 Å². The maximum atomic E-state index is 4.39. The number of fused-ring (bicyclic) bond motifs is 6. The van der Waals surface area contributed by atoms with Gasteiger partial charge < -0.3 is 9.88 Å². The lowest BCUT2D eigenvalue weighted by Gasteiger charge is -2.23. The van der Waals surface area contributed by atoms with Crippen LogP contribution in [0.15, 0.2) is 36.5 Å². The van der Waals surface area contributed by atoms with Gasteiger partial charge in [0.2, 0.25) is 0 Å². The summed E-state index contributed by atoms with van der Waals surface area (Å²) in [5.74, 6) is 0. The highest BCUT2D eigenvalue weighted by molar-refractivity contribution is 5.94. The molecule has 4 heterocycles. The summed E-state index contributed by atoms with van der Waals surface area (Å²) in [7, 11) is 2.23. The highest BCUT2D eigenvalue weighted by atomic mass is 15.1. The van der Waals surface area contributed by atoms with Crippen LogP contribution in [0.2, 0.25) is 0 Å². The molecule has 5 rings (SSSR count). The van der Waals surface area contributed by atoms with Crippen molar-refractivity contribution >= 4 is 23.1 Å². The van der Waals surface area contributed by atoms with Gasteiger partial charge in [0.15, 0.2) is 0 Å². The average Bonchev–Trinajstić information content (AvgIpc) is 3.14. The second kappa shape index (κ2) is 5.57. The van der Waals surface area contributed by atoms with Gasteiger partial charge in [-0.2, -0.15) is 0 Å². The molecule has 1 aromatic carbocycles. The molecule has 2 aromatic heterocycles. The Kier molecular flexibility index (Phi) is 3.32. The van der Waals surface area contributed by atoms with E-state index >= 15 is 0 Å². The van der Waals surface area contributed by atoms with Crippen LogP contribution in [0.4, 0.5) is 0 Å². The van der Waals surface area contributed by atoms with Crippen molar-refractivity contribution in [1.29, 1.82) is 0 Å². The molecular formula is C22H23N3. The first-order valence-corrected chi connectivity index (χ1v) is 9.17. The molecule has 126 valence electrons. The third-order valence-corrected chi connectivity index (χ3v) is 5.83. The molecular weight excluding hydrogens is 306 g/mol. The van der Waals surface area contributed by atoms with Crippen LogP contribution < -0.4 is 5.32 Å². The summed E-state index contributed by atoms with van der Waals surface area (Å²) in [5, 5.41) is 5.21. The molecule has 1 N–H and O–H groups in total. The van der Waals surface area contributed by atoms with E-state index in [0.29, 0.717) is 12.1 Å². The fourth-order valence-electron chi connectivity index (χ4n) is 4.60. The van der Waals surface area contributed by atoms with Gasteiger partial charge in [0, 0.05) is 48.5 Å². The van der Waals surface area contributed by atoms with E-state index in [-0.39, 0.29) is 0 Å². The minimum atomic E-state index is 0.540. The fraction of sp³-hybridized carbons (Fsp3) is 0.318. The first-order chi connectivity index (χ1) is 12.2. The van der Waals surface area contributed by atoms with Crippen LogP contribution in [0.3, 0.4) is 0 Å². The van der Waals surface area contributed by atoms with Crippen molar-refractivity contribution in [3.8, 4) is 0 Å². The first-order valence-electron chi connectivity index (χ1n) is 9.17. The smallest absolute Gasteiger partial charge is 0.0556 e. The molecule has 0 aliphatic carbocycles. The van der Waals surface area contributed by atoms with Gasteiger partial charge >= 0.3 is 0 Å². The molecule has 1 fully saturated rings. The summed E-state index contributed by atoms with van der Waals surface area (Å²) in [6.07, 6.45) is 10.1. The van der Waals surface area contributed by atoms with Crippen LogP contribution in [-0.4, -0.2) is 15.6 Å². The summed E-state index contributed by atoms with van der Waals surface area (Å²) in [5.41, 5.74) is 7.90. The minimum absolute atomic E-state index is 0.540. The lowest BCUT2D eigenvalue weighted by atomic mass is 9.98. The molecule has 3 aromatic rings. The Morgan fingerprint density at radius 1 is 1.16 bits per heavy atom. The Morgan fingerprint density at radius 3 is 2.92 bits per heavy atom. The predicted octanol–water partition coefficient (Wildman–Crippen LogP) is 4.40. The molecule has 25 heavy (non-hydrogen) atoms. The second-order valence-corrected chi connectivity index (χ2v) is 7.43. The topological polar surface area (TPSA) is 29.9 Å². The number of hydrogen-bond donors (Lipinski definition) is 1. The lowest BCUT2D eigenvalue weighted by Crippen LogP contribution is -2.32. The maximum Gasteiger partial charge on any atom is 0.0556 e. The van der Waals surface area contributed by atoms with E-state index in [1.807, 2.05) is 13.1 Å². The zero-order valence-corrected chi connectivity index (χ0v) is 14.8. The minimum Gasteiger partial charge on any atom is -0.347 e. The van der Waals surface area contributed by atoms with Gasteiger partial charge in [-0.3, -0.25) is 4.98 Å². The third-order valence-electron chi connectivity index (χ3n) is 5.83. The molecule has 3 heteroatoms. The fourth-order valence-corrected chi connectivity index (χ4v) is 4.60. The van der Waals surface area contributed by atoms with Crippen molar-refractivity contribution in [2.24, 2.45) is 7.05 Å². The van der Waals surface area contributed by atoms with Crippen molar-refractivity contribution in [2.45, 2.75) is 38.3 Å². The highest BCUT2D eigenvalue weighted by Gasteiger charge is 2.35. The quantitative estimate of drug-likeness (QED) is 0.755. The van der Waals surface area contributed by atoms with Crippen molar-refractivity contribution in [3.05, 3.63) is 64.6 Å². The summed E-state index contributed by atoms with van der Waals surface area (Å²) >= 11 is 0. The van der Waals surface area contributed by atoms with Crippen LogP contribution in [0.1, 0.15) is 47.0 Å². The van der Waals surface area contributed by atoms with E-state index in [2.05, 4.69) is 64.4 Å². The molecule has 3 nitrogen and oxygen atoms in total. The van der Waals surface area contributed by atoms with Gasteiger partial charge in [-0.25, -0.2) is 0 Å². The van der Waals surface area contributed by atoms with E-state index in [9.17, 15) is 0 Å². The van der Waals surface area contributed by atoms with Gasteiger partial charge in [-0.05, 0) is 42.5 Å². The normalized spacial score (nSPS) is 22.0. The maximum absolute atomic E-state index is 4.39. The Balaban J connectivity index is 1.63. The Hall–Kier alpha value is -2.39. The first kappa shape index (κ1) is 14.9.